The van der Waals surface area contributed by atoms with E-state index in [2.05, 4.69) is 29.0 Å². The number of aromatic nitrogens is 1. The summed E-state index contributed by atoms with van der Waals surface area (Å²) in [6.07, 6.45) is 0. The van der Waals surface area contributed by atoms with E-state index in [9.17, 15) is 4.79 Å². The molecule has 106 valence electrons. The summed E-state index contributed by atoms with van der Waals surface area (Å²) in [7, 11) is 0. The molecule has 2 rings (SSSR count). The highest BCUT2D eigenvalue weighted by molar-refractivity contribution is 7.14. The molecule has 1 heterocycles. The van der Waals surface area contributed by atoms with Gasteiger partial charge in [-0.2, -0.15) is 0 Å². The van der Waals surface area contributed by atoms with Gasteiger partial charge in [0.1, 0.15) is 5.00 Å². The van der Waals surface area contributed by atoms with E-state index >= 15 is 0 Å². The van der Waals surface area contributed by atoms with Crippen molar-refractivity contribution in [2.24, 2.45) is 0 Å². The molecule has 2 N–H and O–H groups in total. The number of carbonyl (C=O) groups is 1. The highest BCUT2D eigenvalue weighted by Crippen LogP contribution is 2.26. The van der Waals surface area contributed by atoms with Crippen molar-refractivity contribution in [3.05, 3.63) is 35.5 Å². The van der Waals surface area contributed by atoms with Crippen LogP contribution in [0.15, 0.2) is 29.8 Å². The lowest BCUT2D eigenvalue weighted by Crippen LogP contribution is -2.21. The van der Waals surface area contributed by atoms with Crippen LogP contribution in [0.3, 0.4) is 0 Å². The Labute approximate surface area is 121 Å². The SMILES string of the molecule is CCN(CC)c1ccc(Nc2scnc2C(=O)O)cc1. The zero-order valence-electron chi connectivity index (χ0n) is 11.5. The number of carboxylic acid groups (broad SMARTS) is 1. The summed E-state index contributed by atoms with van der Waals surface area (Å²) >= 11 is 1.28. The Balaban J connectivity index is 2.14. The van der Waals surface area contributed by atoms with Crippen LogP contribution in [-0.2, 0) is 0 Å². The molecule has 0 spiro atoms. The molecule has 0 aliphatic heterocycles. The van der Waals surface area contributed by atoms with Crippen LogP contribution in [0.5, 0.6) is 0 Å². The van der Waals surface area contributed by atoms with Gasteiger partial charge < -0.3 is 15.3 Å². The molecule has 1 aromatic carbocycles. The van der Waals surface area contributed by atoms with Crippen LogP contribution in [0.4, 0.5) is 16.4 Å². The van der Waals surface area contributed by atoms with Gasteiger partial charge in [-0.15, -0.1) is 11.3 Å². The number of nitrogens with zero attached hydrogens (tertiary/aromatic N) is 2. The monoisotopic (exact) mass is 291 g/mol. The normalized spacial score (nSPS) is 10.3. The number of benzene rings is 1. The summed E-state index contributed by atoms with van der Waals surface area (Å²) in [6.45, 7) is 6.15. The van der Waals surface area contributed by atoms with E-state index in [1.165, 1.54) is 16.8 Å². The van der Waals surface area contributed by atoms with E-state index in [0.29, 0.717) is 5.00 Å². The molecule has 20 heavy (non-hydrogen) atoms. The number of hydrogen-bond acceptors (Lipinski definition) is 5. The summed E-state index contributed by atoms with van der Waals surface area (Å²) in [6, 6.07) is 7.94. The Morgan fingerprint density at radius 3 is 2.50 bits per heavy atom. The highest BCUT2D eigenvalue weighted by Gasteiger charge is 2.13. The molecular weight excluding hydrogens is 274 g/mol. The average molecular weight is 291 g/mol. The van der Waals surface area contributed by atoms with E-state index in [4.69, 9.17) is 5.11 Å². The van der Waals surface area contributed by atoms with E-state index in [-0.39, 0.29) is 5.69 Å². The highest BCUT2D eigenvalue weighted by atomic mass is 32.1. The number of anilines is 3. The predicted octanol–water partition coefficient (Wildman–Crippen LogP) is 3.43. The van der Waals surface area contributed by atoms with E-state index in [1.807, 2.05) is 24.3 Å². The van der Waals surface area contributed by atoms with Gasteiger partial charge in [0.25, 0.3) is 0 Å². The van der Waals surface area contributed by atoms with Gasteiger partial charge in [-0.1, -0.05) is 0 Å². The maximum atomic E-state index is 11.0. The summed E-state index contributed by atoms with van der Waals surface area (Å²) < 4.78 is 0. The van der Waals surface area contributed by atoms with Crippen LogP contribution < -0.4 is 10.2 Å². The van der Waals surface area contributed by atoms with Gasteiger partial charge in [-0.05, 0) is 38.1 Å². The molecule has 0 unspecified atom stereocenters. The molecule has 6 heteroatoms. The molecule has 1 aromatic heterocycles. The van der Waals surface area contributed by atoms with Crippen molar-refractivity contribution in [3.8, 4) is 0 Å². The third-order valence-corrected chi connectivity index (χ3v) is 3.77. The molecule has 0 fully saturated rings. The summed E-state index contributed by atoms with van der Waals surface area (Å²) in [4.78, 5) is 17.1. The molecule has 2 aromatic rings. The van der Waals surface area contributed by atoms with E-state index in [1.54, 1.807) is 0 Å². The maximum absolute atomic E-state index is 11.0. The Hall–Kier alpha value is -2.08. The van der Waals surface area contributed by atoms with Gasteiger partial charge in [-0.3, -0.25) is 0 Å². The first-order valence-electron chi connectivity index (χ1n) is 6.44. The molecule has 0 bridgehead atoms. The van der Waals surface area contributed by atoms with Gasteiger partial charge in [-0.25, -0.2) is 9.78 Å². The quantitative estimate of drug-likeness (QED) is 0.853. The fourth-order valence-corrected chi connectivity index (χ4v) is 2.65. The Bertz CT molecular complexity index is 576. The van der Waals surface area contributed by atoms with Crippen LogP contribution in [0.1, 0.15) is 24.3 Å². The molecule has 0 saturated carbocycles. The molecule has 0 amide bonds. The van der Waals surface area contributed by atoms with Crippen molar-refractivity contribution < 1.29 is 9.90 Å². The van der Waals surface area contributed by atoms with Crippen LogP contribution in [0.2, 0.25) is 0 Å². The first kappa shape index (κ1) is 14.3. The fourth-order valence-electron chi connectivity index (χ4n) is 1.96. The third-order valence-electron chi connectivity index (χ3n) is 3.02. The maximum Gasteiger partial charge on any atom is 0.357 e. The van der Waals surface area contributed by atoms with Gasteiger partial charge in [0, 0.05) is 24.5 Å². The van der Waals surface area contributed by atoms with Gasteiger partial charge in [0.15, 0.2) is 5.69 Å². The second-order valence-corrected chi connectivity index (χ2v) is 5.03. The summed E-state index contributed by atoms with van der Waals surface area (Å²) in [5.74, 6) is -1.02. The second kappa shape index (κ2) is 6.38. The minimum Gasteiger partial charge on any atom is -0.476 e. The van der Waals surface area contributed by atoms with Gasteiger partial charge >= 0.3 is 5.97 Å². The summed E-state index contributed by atoms with van der Waals surface area (Å²) in [5.41, 5.74) is 3.59. The number of aromatic carboxylic acids is 1. The van der Waals surface area contributed by atoms with Crippen LogP contribution >= 0.6 is 11.3 Å². The fraction of sp³-hybridized carbons (Fsp3) is 0.286. The Kier molecular flexibility index (Phi) is 4.57. The molecule has 5 nitrogen and oxygen atoms in total. The van der Waals surface area contributed by atoms with Crippen molar-refractivity contribution in [2.45, 2.75) is 13.8 Å². The average Bonchev–Trinajstić information content (AvgIpc) is 2.90. The van der Waals surface area contributed by atoms with Crippen molar-refractivity contribution in [1.82, 2.24) is 4.98 Å². The molecule has 0 radical (unpaired) electrons. The Morgan fingerprint density at radius 1 is 1.30 bits per heavy atom. The lowest BCUT2D eigenvalue weighted by molar-refractivity contribution is 0.0692. The standard InChI is InChI=1S/C14H17N3O2S/c1-3-17(4-2)11-7-5-10(6-8-11)16-13-12(14(18)19)15-9-20-13/h5-9,16H,3-4H2,1-2H3,(H,18,19). The number of thiazole rings is 1. The number of rotatable bonds is 6. The predicted molar refractivity (Wildman–Crippen MR) is 82.4 cm³/mol. The Morgan fingerprint density at radius 2 is 1.95 bits per heavy atom. The van der Waals surface area contributed by atoms with Crippen molar-refractivity contribution in [1.29, 1.82) is 0 Å². The topological polar surface area (TPSA) is 65.5 Å². The zero-order valence-corrected chi connectivity index (χ0v) is 12.3. The second-order valence-electron chi connectivity index (χ2n) is 4.18. The molecule has 0 aliphatic rings. The lowest BCUT2D eigenvalue weighted by Gasteiger charge is -2.21. The van der Waals surface area contributed by atoms with Crippen molar-refractivity contribution in [3.63, 3.8) is 0 Å². The van der Waals surface area contributed by atoms with Crippen LogP contribution in [-0.4, -0.2) is 29.1 Å². The lowest BCUT2D eigenvalue weighted by atomic mass is 10.2. The summed E-state index contributed by atoms with van der Waals surface area (Å²) in [5, 5.41) is 12.7. The molecule has 0 atom stereocenters. The van der Waals surface area contributed by atoms with Crippen molar-refractivity contribution in [2.75, 3.05) is 23.3 Å². The third kappa shape index (κ3) is 3.08. The largest absolute Gasteiger partial charge is 0.476 e. The van der Waals surface area contributed by atoms with Crippen LogP contribution in [0.25, 0.3) is 0 Å². The van der Waals surface area contributed by atoms with Crippen molar-refractivity contribution >= 4 is 33.7 Å². The minimum atomic E-state index is -1.02. The van der Waals surface area contributed by atoms with E-state index < -0.39 is 5.97 Å². The number of nitrogens with one attached hydrogen (secondary N) is 1. The number of hydrogen-bond donors (Lipinski definition) is 2. The first-order valence-corrected chi connectivity index (χ1v) is 7.32. The zero-order chi connectivity index (χ0) is 14.5. The molecular formula is C14H17N3O2S. The minimum absolute atomic E-state index is 0.0582. The number of carboxylic acids is 1. The molecule has 0 saturated heterocycles. The smallest absolute Gasteiger partial charge is 0.357 e. The first-order chi connectivity index (χ1) is 9.65. The van der Waals surface area contributed by atoms with Crippen LogP contribution in [0, 0.1) is 0 Å². The van der Waals surface area contributed by atoms with Gasteiger partial charge in [0.2, 0.25) is 0 Å². The van der Waals surface area contributed by atoms with E-state index in [0.717, 1.165) is 24.5 Å². The molecule has 0 aliphatic carbocycles. The van der Waals surface area contributed by atoms with Gasteiger partial charge in [0.05, 0.1) is 5.51 Å².